The molecule has 0 heterocycles. The Morgan fingerprint density at radius 2 is 1.19 bits per heavy atom. The monoisotopic (exact) mass is 632 g/mol. The Hall–Kier alpha value is -5.38. The number of unbranched alkanes of at least 4 members (excludes halogenated alkanes) is 3. The molecule has 0 saturated heterocycles. The summed E-state index contributed by atoms with van der Waals surface area (Å²) >= 11 is 0. The standard InChI is InChI=1S/C45H44O3/c1-6-34(5)46-26-10-8-9-11-27-47-44-24-22-40-30-37(17-20-42(40)31-44)15-19-39-18-14-35(28-38(39)7-2)12-13-36-16-21-43-32-45(48-33(3)4)25-23-41(43)29-36/h6,14,16-18,20-25,28-33H,1,5,7-11,26-27H2,2-4H3. The molecule has 3 nitrogen and oxygen atoms in total. The van der Waals surface area contributed by atoms with Gasteiger partial charge in [0.25, 0.3) is 0 Å². The molecule has 0 spiro atoms. The first kappa shape index (κ1) is 34.0. The van der Waals surface area contributed by atoms with Crippen LogP contribution >= 0.6 is 0 Å². The molecule has 0 saturated carbocycles. The minimum absolute atomic E-state index is 0.152. The van der Waals surface area contributed by atoms with Crippen LogP contribution in [0.2, 0.25) is 0 Å². The lowest BCUT2D eigenvalue weighted by Crippen LogP contribution is -2.05. The molecule has 0 N–H and O–H groups in total. The predicted molar refractivity (Wildman–Crippen MR) is 201 cm³/mol. The van der Waals surface area contributed by atoms with E-state index in [9.17, 15) is 0 Å². The molecule has 0 amide bonds. The number of fused-ring (bicyclic) bond motifs is 2. The van der Waals surface area contributed by atoms with Crippen molar-refractivity contribution in [2.45, 2.75) is 59.0 Å². The summed E-state index contributed by atoms with van der Waals surface area (Å²) < 4.78 is 17.3. The van der Waals surface area contributed by atoms with E-state index in [-0.39, 0.29) is 6.10 Å². The van der Waals surface area contributed by atoms with Crippen molar-refractivity contribution in [3.63, 3.8) is 0 Å². The van der Waals surface area contributed by atoms with Crippen molar-refractivity contribution in [1.29, 1.82) is 0 Å². The number of aryl methyl sites for hydroxylation is 1. The molecule has 0 unspecified atom stereocenters. The number of ether oxygens (including phenoxy) is 3. The molecule has 0 aliphatic rings. The van der Waals surface area contributed by atoms with Gasteiger partial charge in [-0.2, -0.15) is 0 Å². The molecule has 5 rings (SSSR count). The third kappa shape index (κ3) is 9.81. The second-order valence-corrected chi connectivity index (χ2v) is 12.1. The van der Waals surface area contributed by atoms with Gasteiger partial charge in [0.15, 0.2) is 0 Å². The zero-order valence-corrected chi connectivity index (χ0v) is 28.4. The van der Waals surface area contributed by atoms with E-state index in [2.05, 4.69) is 123 Å². The van der Waals surface area contributed by atoms with Crippen molar-refractivity contribution in [2.24, 2.45) is 0 Å². The molecule has 5 aromatic rings. The van der Waals surface area contributed by atoms with Crippen LogP contribution in [0.25, 0.3) is 21.5 Å². The Labute approximate surface area is 286 Å². The fourth-order valence-electron chi connectivity index (χ4n) is 5.42. The van der Waals surface area contributed by atoms with Crippen molar-refractivity contribution in [3.8, 4) is 35.2 Å². The van der Waals surface area contributed by atoms with E-state index >= 15 is 0 Å². The van der Waals surface area contributed by atoms with Crippen LogP contribution < -0.4 is 9.47 Å². The summed E-state index contributed by atoms with van der Waals surface area (Å²) in [6.45, 7) is 15.0. The Morgan fingerprint density at radius 1 is 0.646 bits per heavy atom. The minimum Gasteiger partial charge on any atom is -0.494 e. The van der Waals surface area contributed by atoms with Gasteiger partial charge in [-0.1, -0.05) is 68.0 Å². The van der Waals surface area contributed by atoms with Gasteiger partial charge in [-0.3, -0.25) is 0 Å². The lowest BCUT2D eigenvalue weighted by molar-refractivity contribution is 0.216. The fourth-order valence-corrected chi connectivity index (χ4v) is 5.42. The van der Waals surface area contributed by atoms with Crippen molar-refractivity contribution in [3.05, 3.63) is 144 Å². The van der Waals surface area contributed by atoms with E-state index in [4.69, 9.17) is 14.2 Å². The van der Waals surface area contributed by atoms with E-state index in [0.717, 1.165) is 87.4 Å². The molecule has 0 aliphatic heterocycles. The molecule has 0 radical (unpaired) electrons. The molecular weight excluding hydrogens is 588 g/mol. The van der Waals surface area contributed by atoms with Crippen LogP contribution in [-0.2, 0) is 11.2 Å². The van der Waals surface area contributed by atoms with Crippen molar-refractivity contribution < 1.29 is 14.2 Å². The Bertz CT molecular complexity index is 2030. The van der Waals surface area contributed by atoms with Crippen LogP contribution in [0.4, 0.5) is 0 Å². The topological polar surface area (TPSA) is 27.7 Å². The van der Waals surface area contributed by atoms with Gasteiger partial charge in [-0.25, -0.2) is 0 Å². The molecule has 48 heavy (non-hydrogen) atoms. The smallest absolute Gasteiger partial charge is 0.120 e. The van der Waals surface area contributed by atoms with Crippen LogP contribution in [0.1, 0.15) is 74.3 Å². The van der Waals surface area contributed by atoms with Gasteiger partial charge in [-0.15, -0.1) is 0 Å². The fraction of sp³-hybridized carbons (Fsp3) is 0.244. The van der Waals surface area contributed by atoms with Crippen LogP contribution in [0, 0.1) is 23.7 Å². The highest BCUT2D eigenvalue weighted by molar-refractivity contribution is 5.86. The number of hydrogen-bond acceptors (Lipinski definition) is 3. The minimum atomic E-state index is 0.152. The molecular formula is C45H44O3. The van der Waals surface area contributed by atoms with Crippen LogP contribution in [-0.4, -0.2) is 19.3 Å². The highest BCUT2D eigenvalue weighted by atomic mass is 16.5. The molecule has 242 valence electrons. The molecule has 3 heteroatoms. The predicted octanol–water partition coefficient (Wildman–Crippen LogP) is 10.8. The van der Waals surface area contributed by atoms with Crippen molar-refractivity contribution in [2.75, 3.05) is 13.2 Å². The Balaban J connectivity index is 1.18. The average molecular weight is 633 g/mol. The van der Waals surface area contributed by atoms with Gasteiger partial charge in [0.05, 0.1) is 19.3 Å². The quantitative estimate of drug-likeness (QED) is 0.0559. The highest BCUT2D eigenvalue weighted by Crippen LogP contribution is 2.24. The summed E-state index contributed by atoms with van der Waals surface area (Å²) in [5, 5.41) is 4.59. The third-order valence-corrected chi connectivity index (χ3v) is 8.00. The molecule has 0 aliphatic carbocycles. The SMILES string of the molecule is C=CC(=C)OCCCCCCOc1ccc2cc(C#Cc3ccc(C#Cc4ccc5cc(OC(C)C)ccc5c4)cc3CC)ccc2c1. The Kier molecular flexibility index (Phi) is 12.0. The lowest BCUT2D eigenvalue weighted by Gasteiger charge is -2.10. The van der Waals surface area contributed by atoms with Crippen molar-refractivity contribution in [1.82, 2.24) is 0 Å². The van der Waals surface area contributed by atoms with E-state index in [1.807, 2.05) is 26.0 Å². The zero-order chi connectivity index (χ0) is 33.7. The summed E-state index contributed by atoms with van der Waals surface area (Å²) in [4.78, 5) is 0. The maximum absolute atomic E-state index is 6.02. The largest absolute Gasteiger partial charge is 0.494 e. The molecule has 0 aromatic heterocycles. The van der Waals surface area contributed by atoms with Gasteiger partial charge >= 0.3 is 0 Å². The van der Waals surface area contributed by atoms with Gasteiger partial charge in [0.1, 0.15) is 17.3 Å². The molecule has 0 atom stereocenters. The van der Waals surface area contributed by atoms with Gasteiger partial charge in [0.2, 0.25) is 0 Å². The second kappa shape index (κ2) is 17.0. The maximum Gasteiger partial charge on any atom is 0.120 e. The first-order valence-corrected chi connectivity index (χ1v) is 16.9. The average Bonchev–Trinajstić information content (AvgIpc) is 3.10. The van der Waals surface area contributed by atoms with Crippen LogP contribution in [0.3, 0.4) is 0 Å². The summed E-state index contributed by atoms with van der Waals surface area (Å²) in [6.07, 6.45) is 6.92. The van der Waals surface area contributed by atoms with E-state index in [1.54, 1.807) is 6.08 Å². The number of rotatable bonds is 13. The molecule has 0 bridgehead atoms. The van der Waals surface area contributed by atoms with Gasteiger partial charge in [0, 0.05) is 22.3 Å². The summed E-state index contributed by atoms with van der Waals surface area (Å²) in [7, 11) is 0. The van der Waals surface area contributed by atoms with Crippen LogP contribution in [0.15, 0.2) is 116 Å². The van der Waals surface area contributed by atoms with Gasteiger partial charge < -0.3 is 14.2 Å². The van der Waals surface area contributed by atoms with E-state index in [1.165, 1.54) is 5.56 Å². The summed E-state index contributed by atoms with van der Waals surface area (Å²) in [6, 6.07) is 31.4. The van der Waals surface area contributed by atoms with Gasteiger partial charge in [-0.05, 0) is 146 Å². The molecule has 5 aromatic carbocycles. The van der Waals surface area contributed by atoms with E-state index < -0.39 is 0 Å². The first-order chi connectivity index (χ1) is 23.4. The second-order valence-electron chi connectivity index (χ2n) is 12.1. The zero-order valence-electron chi connectivity index (χ0n) is 28.4. The highest BCUT2D eigenvalue weighted by Gasteiger charge is 2.03. The molecule has 0 fully saturated rings. The normalized spacial score (nSPS) is 10.6. The summed E-state index contributed by atoms with van der Waals surface area (Å²) in [5.41, 5.74) is 5.19. The third-order valence-electron chi connectivity index (χ3n) is 8.00. The summed E-state index contributed by atoms with van der Waals surface area (Å²) in [5.74, 6) is 15.9. The lowest BCUT2D eigenvalue weighted by atomic mass is 10.0. The number of allylic oxidation sites excluding steroid dienone is 1. The number of benzene rings is 5. The maximum atomic E-state index is 6.02. The number of hydrogen-bond donors (Lipinski definition) is 0. The van der Waals surface area contributed by atoms with Crippen molar-refractivity contribution >= 4 is 21.5 Å². The van der Waals surface area contributed by atoms with Crippen LogP contribution in [0.5, 0.6) is 11.5 Å². The Morgan fingerprint density at radius 3 is 1.83 bits per heavy atom. The van der Waals surface area contributed by atoms with E-state index in [0.29, 0.717) is 19.0 Å². The first-order valence-electron chi connectivity index (χ1n) is 16.9.